The lowest BCUT2D eigenvalue weighted by Gasteiger charge is -2.17. The molecule has 0 aromatic carbocycles. The largest absolute Gasteiger partial charge is 0.465 e. The predicted molar refractivity (Wildman–Crippen MR) is 58.3 cm³/mol. The number of hydrogen-bond donors (Lipinski definition) is 0. The highest BCUT2D eigenvalue weighted by Gasteiger charge is 2.28. The van der Waals surface area contributed by atoms with Gasteiger partial charge in [-0.15, -0.1) is 0 Å². The molecule has 84 valence electrons. The number of hydrogen-bond acceptors (Lipinski definition) is 3. The highest BCUT2D eigenvalue weighted by atomic mass is 16.5. The van der Waals surface area contributed by atoms with Crippen LogP contribution in [0.5, 0.6) is 0 Å². The summed E-state index contributed by atoms with van der Waals surface area (Å²) in [4.78, 5) is 13.4. The van der Waals surface area contributed by atoms with Gasteiger partial charge in [-0.2, -0.15) is 0 Å². The van der Waals surface area contributed by atoms with Crippen molar-refractivity contribution < 1.29 is 9.53 Å². The van der Waals surface area contributed by atoms with E-state index in [2.05, 4.69) is 4.90 Å². The van der Waals surface area contributed by atoms with E-state index in [1.165, 1.54) is 0 Å². The third-order valence-corrected chi connectivity index (χ3v) is 2.24. The Balaban J connectivity index is 0.000000791. The molecule has 14 heavy (non-hydrogen) atoms. The molecule has 0 aliphatic carbocycles. The third-order valence-electron chi connectivity index (χ3n) is 2.24. The van der Waals surface area contributed by atoms with E-state index in [4.69, 9.17) is 4.74 Å². The Morgan fingerprint density at radius 2 is 2.14 bits per heavy atom. The topological polar surface area (TPSA) is 29.5 Å². The van der Waals surface area contributed by atoms with Crippen molar-refractivity contribution in [2.24, 2.45) is 0 Å². The van der Waals surface area contributed by atoms with Gasteiger partial charge < -0.3 is 4.74 Å². The van der Waals surface area contributed by atoms with Gasteiger partial charge in [-0.25, -0.2) is 0 Å². The van der Waals surface area contributed by atoms with Gasteiger partial charge >= 0.3 is 5.97 Å². The minimum Gasteiger partial charge on any atom is -0.465 e. The zero-order valence-electron chi connectivity index (χ0n) is 9.88. The number of carbonyl (C=O) groups excluding carboxylic acids is 1. The highest BCUT2D eigenvalue weighted by molar-refractivity contribution is 5.76. The number of ether oxygens (including phenoxy) is 1. The molecule has 1 aliphatic rings. The lowest BCUT2D eigenvalue weighted by atomic mass is 10.2. The van der Waals surface area contributed by atoms with Crippen LogP contribution in [-0.4, -0.2) is 37.1 Å². The fraction of sp³-hybridized carbons (Fsp3) is 0.909. The zero-order chi connectivity index (χ0) is 11.0. The van der Waals surface area contributed by atoms with Crippen LogP contribution in [0.4, 0.5) is 0 Å². The minimum atomic E-state index is -0.0446. The number of likely N-dealkylation sites (N-methyl/N-ethyl adjacent to an activating group) is 1. The summed E-state index contributed by atoms with van der Waals surface area (Å²) >= 11 is 0. The first-order valence-corrected chi connectivity index (χ1v) is 5.62. The maximum absolute atomic E-state index is 11.4. The normalized spacial score (nSPS) is 21.3. The summed E-state index contributed by atoms with van der Waals surface area (Å²) in [5.74, 6) is -0.0446. The molecule has 1 atom stereocenters. The Morgan fingerprint density at radius 1 is 1.50 bits per heavy atom. The molecule has 1 aliphatic heterocycles. The summed E-state index contributed by atoms with van der Waals surface area (Å²) < 4.78 is 5.06. The first-order chi connectivity index (χ1) is 6.75. The molecule has 1 fully saturated rings. The van der Waals surface area contributed by atoms with Crippen molar-refractivity contribution in [3.05, 3.63) is 0 Å². The van der Waals surface area contributed by atoms with Gasteiger partial charge in [0, 0.05) is 0 Å². The molecule has 3 nitrogen and oxygen atoms in total. The lowest BCUT2D eigenvalue weighted by molar-refractivity contribution is -0.148. The smallest absolute Gasteiger partial charge is 0.323 e. The maximum Gasteiger partial charge on any atom is 0.323 e. The van der Waals surface area contributed by atoms with Gasteiger partial charge in [0.1, 0.15) is 6.04 Å². The van der Waals surface area contributed by atoms with E-state index in [9.17, 15) is 4.79 Å². The number of likely N-dealkylation sites (tertiary alicyclic amines) is 1. The van der Waals surface area contributed by atoms with Crippen LogP contribution in [0.3, 0.4) is 0 Å². The van der Waals surface area contributed by atoms with Crippen molar-refractivity contribution in [3.63, 3.8) is 0 Å². The van der Waals surface area contributed by atoms with Gasteiger partial charge in [0.2, 0.25) is 0 Å². The number of carbonyl (C=O) groups is 1. The molecule has 1 saturated heterocycles. The first-order valence-electron chi connectivity index (χ1n) is 5.62. The third kappa shape index (κ3) is 4.09. The number of rotatable bonds is 3. The van der Waals surface area contributed by atoms with Crippen LogP contribution in [0.15, 0.2) is 0 Å². The number of esters is 1. The average molecular weight is 201 g/mol. The van der Waals surface area contributed by atoms with E-state index in [-0.39, 0.29) is 12.0 Å². The Bertz CT molecular complexity index is 159. The molecule has 1 rings (SSSR count). The predicted octanol–water partition coefficient (Wildman–Crippen LogP) is 2.06. The molecular formula is C11H23NO2. The minimum absolute atomic E-state index is 0.0246. The van der Waals surface area contributed by atoms with E-state index in [1.807, 2.05) is 27.8 Å². The molecule has 0 saturated carbocycles. The number of nitrogens with zero attached hydrogens (tertiary/aromatic N) is 1. The maximum atomic E-state index is 11.4. The lowest BCUT2D eigenvalue weighted by Crippen LogP contribution is -2.34. The summed E-state index contributed by atoms with van der Waals surface area (Å²) in [6.07, 6.45) is 2.98. The monoisotopic (exact) mass is 201 g/mol. The van der Waals surface area contributed by atoms with Crippen molar-refractivity contribution >= 4 is 5.97 Å². The SMILES string of the molecule is CC.CCCOC(=O)C1CCCN1C. The summed E-state index contributed by atoms with van der Waals surface area (Å²) in [7, 11) is 1.98. The van der Waals surface area contributed by atoms with Crippen molar-refractivity contribution in [3.8, 4) is 0 Å². The van der Waals surface area contributed by atoms with Crippen molar-refractivity contribution in [2.75, 3.05) is 20.2 Å². The summed E-state index contributed by atoms with van der Waals surface area (Å²) in [6.45, 7) is 7.58. The first kappa shape index (κ1) is 13.4. The standard InChI is InChI=1S/C9H17NO2.C2H6/c1-3-7-12-9(11)8-5-4-6-10(8)2;1-2/h8H,3-7H2,1-2H3;1-2H3. The van der Waals surface area contributed by atoms with Gasteiger partial charge in [-0.1, -0.05) is 20.8 Å². The molecule has 3 heteroatoms. The molecule has 0 bridgehead atoms. The Labute approximate surface area is 87.4 Å². The molecule has 0 radical (unpaired) electrons. The molecular weight excluding hydrogens is 178 g/mol. The van der Waals surface area contributed by atoms with Gasteiger partial charge in [0.05, 0.1) is 6.61 Å². The van der Waals surface area contributed by atoms with E-state index in [0.29, 0.717) is 6.61 Å². The van der Waals surface area contributed by atoms with Crippen LogP contribution in [0.2, 0.25) is 0 Å². The van der Waals surface area contributed by atoms with Crippen LogP contribution in [-0.2, 0) is 9.53 Å². The molecule has 0 aromatic heterocycles. The van der Waals surface area contributed by atoms with E-state index < -0.39 is 0 Å². The summed E-state index contributed by atoms with van der Waals surface area (Å²) in [5.41, 5.74) is 0. The van der Waals surface area contributed by atoms with Crippen LogP contribution in [0.25, 0.3) is 0 Å². The molecule has 0 spiro atoms. The van der Waals surface area contributed by atoms with Gasteiger partial charge in [-0.05, 0) is 32.9 Å². The average Bonchev–Trinajstić information content (AvgIpc) is 2.64. The summed E-state index contributed by atoms with van der Waals surface area (Å²) in [6, 6.07) is 0.0246. The van der Waals surface area contributed by atoms with Crippen LogP contribution in [0, 0.1) is 0 Å². The Morgan fingerprint density at radius 3 is 2.57 bits per heavy atom. The van der Waals surface area contributed by atoms with Crippen molar-refractivity contribution in [1.29, 1.82) is 0 Å². The van der Waals surface area contributed by atoms with Gasteiger partial charge in [-0.3, -0.25) is 9.69 Å². The molecule has 0 amide bonds. The summed E-state index contributed by atoms with van der Waals surface area (Å²) in [5, 5.41) is 0. The fourth-order valence-electron chi connectivity index (χ4n) is 1.51. The highest BCUT2D eigenvalue weighted by Crippen LogP contribution is 2.15. The second-order valence-corrected chi connectivity index (χ2v) is 3.31. The van der Waals surface area contributed by atoms with Crippen LogP contribution in [0.1, 0.15) is 40.0 Å². The van der Waals surface area contributed by atoms with E-state index >= 15 is 0 Å². The fourth-order valence-corrected chi connectivity index (χ4v) is 1.51. The molecule has 1 unspecified atom stereocenters. The van der Waals surface area contributed by atoms with Crippen molar-refractivity contribution in [2.45, 2.75) is 46.1 Å². The van der Waals surface area contributed by atoms with E-state index in [1.54, 1.807) is 0 Å². The quantitative estimate of drug-likeness (QED) is 0.655. The second kappa shape index (κ2) is 7.80. The van der Waals surface area contributed by atoms with Crippen LogP contribution < -0.4 is 0 Å². The molecule has 0 aromatic rings. The molecule has 1 heterocycles. The van der Waals surface area contributed by atoms with Gasteiger partial charge in [0.25, 0.3) is 0 Å². The second-order valence-electron chi connectivity index (χ2n) is 3.31. The van der Waals surface area contributed by atoms with E-state index in [0.717, 1.165) is 25.8 Å². The molecule has 0 N–H and O–H groups in total. The Kier molecular flexibility index (Phi) is 7.48. The van der Waals surface area contributed by atoms with Crippen LogP contribution >= 0.6 is 0 Å². The zero-order valence-corrected chi connectivity index (χ0v) is 9.88. The Hall–Kier alpha value is -0.570. The van der Waals surface area contributed by atoms with Crippen molar-refractivity contribution in [1.82, 2.24) is 4.90 Å². The van der Waals surface area contributed by atoms with Gasteiger partial charge in [0.15, 0.2) is 0 Å².